The molecule has 1 aromatic carbocycles. The fourth-order valence-electron chi connectivity index (χ4n) is 4.75. The first-order chi connectivity index (χ1) is 17.9. The molecule has 5 rings (SSSR count). The summed E-state index contributed by atoms with van der Waals surface area (Å²) in [6.45, 7) is 4.31. The number of carbonyl (C=O) groups is 1. The molecular weight excluding hydrogens is 502 g/mol. The quantitative estimate of drug-likeness (QED) is 0.459. The van der Waals surface area contributed by atoms with Crippen molar-refractivity contribution in [3.8, 4) is 11.5 Å². The van der Waals surface area contributed by atoms with E-state index in [0.717, 1.165) is 30.2 Å². The normalized spacial score (nSPS) is 22.2. The number of para-hydroxylation sites is 1. The first-order valence-corrected chi connectivity index (χ1v) is 13.7. The van der Waals surface area contributed by atoms with Gasteiger partial charge in [0.2, 0.25) is 5.89 Å². The van der Waals surface area contributed by atoms with Crippen LogP contribution >= 0.6 is 0 Å². The van der Waals surface area contributed by atoms with Gasteiger partial charge in [0.15, 0.2) is 0 Å². The second-order valence-corrected chi connectivity index (χ2v) is 10.7. The van der Waals surface area contributed by atoms with E-state index < -0.39 is 23.1 Å². The number of piperazine rings is 1. The van der Waals surface area contributed by atoms with Crippen molar-refractivity contribution >= 4 is 22.5 Å². The number of hydrogen-bond acceptors (Lipinski definition) is 7. The predicted molar refractivity (Wildman–Crippen MR) is 135 cm³/mol. The summed E-state index contributed by atoms with van der Waals surface area (Å²) in [6, 6.07) is 13.3. The van der Waals surface area contributed by atoms with E-state index in [9.17, 15) is 17.8 Å². The Labute approximate surface area is 215 Å². The summed E-state index contributed by atoms with van der Waals surface area (Å²) in [5.74, 6) is 0.657. The molecule has 1 atom stereocenters. The Hall–Kier alpha value is -3.25. The van der Waals surface area contributed by atoms with Crippen molar-refractivity contribution < 1.29 is 22.2 Å². The van der Waals surface area contributed by atoms with Gasteiger partial charge in [-0.2, -0.15) is 8.78 Å². The Morgan fingerprint density at radius 3 is 2.57 bits per heavy atom. The van der Waals surface area contributed by atoms with Crippen LogP contribution < -0.4 is 4.90 Å². The van der Waals surface area contributed by atoms with Crippen molar-refractivity contribution in [3.05, 3.63) is 60.2 Å². The number of nitrogens with zero attached hydrogens (tertiary/aromatic N) is 6. The first kappa shape index (κ1) is 25.4. The van der Waals surface area contributed by atoms with Gasteiger partial charge < -0.3 is 9.32 Å². The van der Waals surface area contributed by atoms with Crippen LogP contribution in [0.2, 0.25) is 0 Å². The van der Waals surface area contributed by atoms with E-state index in [4.69, 9.17) is 4.42 Å². The van der Waals surface area contributed by atoms with Crippen molar-refractivity contribution in [1.82, 2.24) is 25.0 Å². The van der Waals surface area contributed by atoms with E-state index in [1.54, 1.807) is 17.0 Å². The lowest BCUT2D eigenvalue weighted by atomic mass is 10.1. The summed E-state index contributed by atoms with van der Waals surface area (Å²) < 4.78 is 42.2. The summed E-state index contributed by atoms with van der Waals surface area (Å²) in [5, 5.41) is 7.00. The summed E-state index contributed by atoms with van der Waals surface area (Å²) in [7, 11) is -0.712. The van der Waals surface area contributed by atoms with E-state index >= 15 is 0 Å². The molecule has 37 heavy (non-hydrogen) atoms. The lowest BCUT2D eigenvalue weighted by Gasteiger charge is -2.48. The fraction of sp³-hybridized carbons (Fsp3) is 0.440. The highest BCUT2D eigenvalue weighted by Crippen LogP contribution is 2.26. The third-order valence-electron chi connectivity index (χ3n) is 6.81. The summed E-state index contributed by atoms with van der Waals surface area (Å²) in [4.78, 5) is 24.2. The standard InChI is InChI=1S/C25H28F2N6O3S/c1-2-19-14-31(10-11-32(19)21-15-37(35)16-21)25(34)33(20-6-4-3-5-7-20)13-18-9-8-17(12-28-18)23-29-30-24(36-23)22(26)27/h3-9,12,19,21-22H,2,10-11,13-16H2,1H3. The molecule has 9 nitrogen and oxygen atoms in total. The molecule has 0 N–H and O–H groups in total. The van der Waals surface area contributed by atoms with Crippen LogP contribution in [0.3, 0.4) is 0 Å². The minimum absolute atomic E-state index is 0.0379. The minimum atomic E-state index is -2.84. The van der Waals surface area contributed by atoms with Crippen LogP contribution in [-0.2, 0) is 17.3 Å². The molecule has 2 aliphatic rings. The lowest BCUT2D eigenvalue weighted by Crippen LogP contribution is -2.63. The number of hydrogen-bond donors (Lipinski definition) is 0. The Balaban J connectivity index is 1.32. The number of benzene rings is 1. The molecule has 2 aromatic heterocycles. The number of halogens is 2. The monoisotopic (exact) mass is 530 g/mol. The van der Waals surface area contributed by atoms with Crippen molar-refractivity contribution in [1.29, 1.82) is 0 Å². The van der Waals surface area contributed by atoms with E-state index in [1.165, 1.54) is 6.20 Å². The average molecular weight is 531 g/mol. The van der Waals surface area contributed by atoms with Crippen LogP contribution in [0.25, 0.3) is 11.5 Å². The van der Waals surface area contributed by atoms with E-state index in [0.29, 0.717) is 30.4 Å². The lowest BCUT2D eigenvalue weighted by molar-refractivity contribution is 0.0644. The highest BCUT2D eigenvalue weighted by molar-refractivity contribution is 7.86. The Bertz CT molecular complexity index is 1230. The maximum Gasteiger partial charge on any atom is 0.324 e. The SMILES string of the molecule is CCC1CN(C(=O)N(Cc2ccc(-c3nnc(C(F)F)o3)cn2)c2ccccc2)CCN1C1CS(=O)C1. The highest BCUT2D eigenvalue weighted by atomic mass is 32.2. The second kappa shape index (κ2) is 11.0. The van der Waals surface area contributed by atoms with Crippen molar-refractivity contribution in [2.45, 2.75) is 38.4 Å². The van der Waals surface area contributed by atoms with Crippen molar-refractivity contribution in [3.63, 3.8) is 0 Å². The van der Waals surface area contributed by atoms with Gasteiger partial charge in [-0.15, -0.1) is 10.2 Å². The summed E-state index contributed by atoms with van der Waals surface area (Å²) in [6.07, 6.45) is -0.462. The maximum atomic E-state index is 13.8. The molecule has 4 heterocycles. The zero-order chi connectivity index (χ0) is 25.9. The highest BCUT2D eigenvalue weighted by Gasteiger charge is 2.39. The number of aromatic nitrogens is 3. The Morgan fingerprint density at radius 1 is 1.16 bits per heavy atom. The summed E-state index contributed by atoms with van der Waals surface area (Å²) >= 11 is 0. The number of anilines is 1. The van der Waals surface area contributed by atoms with E-state index in [-0.39, 0.29) is 24.5 Å². The molecule has 1 unspecified atom stereocenters. The second-order valence-electron chi connectivity index (χ2n) is 9.16. The van der Waals surface area contributed by atoms with Crippen LogP contribution in [0.15, 0.2) is 53.1 Å². The van der Waals surface area contributed by atoms with Gasteiger partial charge >= 0.3 is 12.5 Å². The van der Waals surface area contributed by atoms with Crippen LogP contribution in [0.1, 0.15) is 31.4 Å². The van der Waals surface area contributed by atoms with Gasteiger partial charge in [0, 0.05) is 65.9 Å². The zero-order valence-corrected chi connectivity index (χ0v) is 21.2. The zero-order valence-electron chi connectivity index (χ0n) is 20.4. The molecule has 0 radical (unpaired) electrons. The smallest absolute Gasteiger partial charge is 0.324 e. The molecule has 2 amide bonds. The van der Waals surface area contributed by atoms with Crippen LogP contribution in [0.4, 0.5) is 19.3 Å². The van der Waals surface area contributed by atoms with Crippen LogP contribution in [-0.4, -0.2) is 78.4 Å². The molecular formula is C25H28F2N6O3S. The van der Waals surface area contributed by atoms with Crippen molar-refractivity contribution in [2.75, 3.05) is 36.0 Å². The predicted octanol–water partition coefficient (Wildman–Crippen LogP) is 3.72. The number of amides is 2. The van der Waals surface area contributed by atoms with Gasteiger partial charge in [-0.1, -0.05) is 25.1 Å². The largest absolute Gasteiger partial charge is 0.415 e. The van der Waals surface area contributed by atoms with Gasteiger partial charge in [-0.3, -0.25) is 19.0 Å². The van der Waals surface area contributed by atoms with Crippen LogP contribution in [0, 0.1) is 0 Å². The summed E-state index contributed by atoms with van der Waals surface area (Å²) in [5.41, 5.74) is 1.79. The third kappa shape index (κ3) is 5.54. The maximum absolute atomic E-state index is 13.8. The van der Waals surface area contributed by atoms with Gasteiger partial charge in [0.1, 0.15) is 0 Å². The Kier molecular flexibility index (Phi) is 7.56. The molecule has 0 bridgehead atoms. The van der Waals surface area contributed by atoms with Gasteiger partial charge in [0.05, 0.1) is 17.8 Å². The van der Waals surface area contributed by atoms with Gasteiger partial charge in [-0.05, 0) is 30.7 Å². The van der Waals surface area contributed by atoms with Gasteiger partial charge in [0.25, 0.3) is 5.89 Å². The third-order valence-corrected chi connectivity index (χ3v) is 8.33. The number of urea groups is 1. The minimum Gasteiger partial charge on any atom is -0.415 e. The number of carbonyl (C=O) groups excluding carboxylic acids is 1. The van der Waals surface area contributed by atoms with Gasteiger partial charge in [-0.25, -0.2) is 4.79 Å². The first-order valence-electron chi connectivity index (χ1n) is 12.2. The molecule has 0 spiro atoms. The van der Waals surface area contributed by atoms with E-state index in [1.807, 2.05) is 35.2 Å². The molecule has 2 saturated heterocycles. The van der Waals surface area contributed by atoms with Crippen LogP contribution in [0.5, 0.6) is 0 Å². The fourth-order valence-corrected chi connectivity index (χ4v) is 5.90. The molecule has 196 valence electrons. The molecule has 2 aliphatic heterocycles. The molecule has 2 fully saturated rings. The number of rotatable bonds is 7. The Morgan fingerprint density at radius 2 is 1.95 bits per heavy atom. The average Bonchev–Trinajstić information content (AvgIpc) is 3.41. The number of alkyl halides is 2. The van der Waals surface area contributed by atoms with E-state index in [2.05, 4.69) is 27.0 Å². The molecule has 0 aliphatic carbocycles. The molecule has 3 aromatic rings. The topological polar surface area (TPSA) is 95.7 Å². The molecule has 12 heteroatoms. The molecule has 0 saturated carbocycles. The van der Waals surface area contributed by atoms with Crippen molar-refractivity contribution in [2.24, 2.45) is 0 Å². The number of pyridine rings is 1.